The summed E-state index contributed by atoms with van der Waals surface area (Å²) in [4.78, 5) is 0. The van der Waals surface area contributed by atoms with Gasteiger partial charge in [-0.1, -0.05) is 23.7 Å². The molecule has 2 rings (SSSR count). The minimum Gasteiger partial charge on any atom is -0.326 e. The first kappa shape index (κ1) is 9.18. The maximum atomic E-state index is 6.07. The van der Waals surface area contributed by atoms with E-state index in [2.05, 4.69) is 10.2 Å². The number of rotatable bonds is 2. The van der Waals surface area contributed by atoms with Gasteiger partial charge in [-0.2, -0.15) is 0 Å². The van der Waals surface area contributed by atoms with Crippen molar-refractivity contribution in [3.63, 3.8) is 0 Å². The standard InChI is InChI=1S/C9H9ClN4/c10-8-3-1-2-7(4-11)9(8)14-5-12-13-6-14/h1-3,5-6H,4,11H2. The van der Waals surface area contributed by atoms with Gasteiger partial charge >= 0.3 is 0 Å². The molecule has 2 aromatic rings. The lowest BCUT2D eigenvalue weighted by Crippen LogP contribution is -2.03. The number of halogens is 1. The number of nitrogens with two attached hydrogens (primary N) is 1. The Morgan fingerprint density at radius 1 is 1.29 bits per heavy atom. The first-order chi connectivity index (χ1) is 6.83. The van der Waals surface area contributed by atoms with E-state index in [4.69, 9.17) is 17.3 Å². The van der Waals surface area contributed by atoms with Crippen LogP contribution in [0.2, 0.25) is 5.02 Å². The zero-order valence-electron chi connectivity index (χ0n) is 7.39. The highest BCUT2D eigenvalue weighted by Crippen LogP contribution is 2.23. The van der Waals surface area contributed by atoms with E-state index in [-0.39, 0.29) is 0 Å². The van der Waals surface area contributed by atoms with Crippen LogP contribution in [0.15, 0.2) is 30.9 Å². The van der Waals surface area contributed by atoms with E-state index in [9.17, 15) is 0 Å². The molecule has 0 spiro atoms. The summed E-state index contributed by atoms with van der Waals surface area (Å²) in [5.41, 5.74) is 7.43. The third-order valence-corrected chi connectivity index (χ3v) is 2.27. The van der Waals surface area contributed by atoms with E-state index in [0.29, 0.717) is 11.6 Å². The second kappa shape index (κ2) is 3.77. The topological polar surface area (TPSA) is 56.7 Å². The van der Waals surface area contributed by atoms with Gasteiger partial charge in [0.2, 0.25) is 0 Å². The molecule has 0 fully saturated rings. The number of hydrogen-bond acceptors (Lipinski definition) is 3. The molecule has 0 bridgehead atoms. The van der Waals surface area contributed by atoms with Crippen molar-refractivity contribution < 1.29 is 0 Å². The van der Waals surface area contributed by atoms with Crippen molar-refractivity contribution >= 4 is 11.6 Å². The van der Waals surface area contributed by atoms with Crippen LogP contribution in [0.25, 0.3) is 5.69 Å². The lowest BCUT2D eigenvalue weighted by Gasteiger charge is -2.09. The van der Waals surface area contributed by atoms with Gasteiger partial charge in [0.15, 0.2) is 0 Å². The monoisotopic (exact) mass is 208 g/mol. The molecule has 0 aliphatic carbocycles. The zero-order chi connectivity index (χ0) is 9.97. The molecule has 14 heavy (non-hydrogen) atoms. The molecule has 0 saturated heterocycles. The van der Waals surface area contributed by atoms with Gasteiger partial charge in [0.1, 0.15) is 12.7 Å². The van der Waals surface area contributed by atoms with Gasteiger partial charge in [0.05, 0.1) is 10.7 Å². The highest BCUT2D eigenvalue weighted by molar-refractivity contribution is 6.32. The first-order valence-electron chi connectivity index (χ1n) is 4.15. The molecular formula is C9H9ClN4. The van der Waals surface area contributed by atoms with E-state index < -0.39 is 0 Å². The third-order valence-electron chi connectivity index (χ3n) is 1.97. The van der Waals surface area contributed by atoms with Gasteiger partial charge in [-0.25, -0.2) is 0 Å². The summed E-state index contributed by atoms with van der Waals surface area (Å²) >= 11 is 6.07. The fraction of sp³-hybridized carbons (Fsp3) is 0.111. The predicted octanol–water partition coefficient (Wildman–Crippen LogP) is 1.38. The Bertz CT molecular complexity index is 424. The normalized spacial score (nSPS) is 10.4. The summed E-state index contributed by atoms with van der Waals surface area (Å²) in [5, 5.41) is 8.10. The van der Waals surface area contributed by atoms with Crippen LogP contribution in [-0.2, 0) is 6.54 Å². The molecule has 1 heterocycles. The quantitative estimate of drug-likeness (QED) is 0.811. The Morgan fingerprint density at radius 2 is 2.00 bits per heavy atom. The molecule has 0 saturated carbocycles. The van der Waals surface area contributed by atoms with Crippen LogP contribution < -0.4 is 5.73 Å². The van der Waals surface area contributed by atoms with Gasteiger partial charge in [0.25, 0.3) is 0 Å². The van der Waals surface area contributed by atoms with Gasteiger partial charge in [-0.15, -0.1) is 10.2 Å². The van der Waals surface area contributed by atoms with Crippen LogP contribution in [0, 0.1) is 0 Å². The van der Waals surface area contributed by atoms with Crippen LogP contribution in [0.3, 0.4) is 0 Å². The Labute approximate surface area is 86.3 Å². The number of aromatic nitrogens is 3. The maximum Gasteiger partial charge on any atom is 0.123 e. The summed E-state index contributed by atoms with van der Waals surface area (Å²) in [6.07, 6.45) is 3.20. The van der Waals surface area contributed by atoms with E-state index in [1.54, 1.807) is 17.2 Å². The van der Waals surface area contributed by atoms with E-state index >= 15 is 0 Å². The van der Waals surface area contributed by atoms with Gasteiger partial charge in [-0.05, 0) is 11.6 Å². The van der Waals surface area contributed by atoms with Crippen molar-refractivity contribution in [3.8, 4) is 5.69 Å². The number of benzene rings is 1. The average Bonchev–Trinajstić information content (AvgIpc) is 2.70. The molecule has 1 aromatic carbocycles. The third kappa shape index (κ3) is 1.49. The smallest absolute Gasteiger partial charge is 0.123 e. The summed E-state index contributed by atoms with van der Waals surface area (Å²) in [6.45, 7) is 0.439. The number of para-hydroxylation sites is 1. The fourth-order valence-electron chi connectivity index (χ4n) is 1.33. The minimum atomic E-state index is 0.439. The van der Waals surface area contributed by atoms with E-state index in [1.807, 2.05) is 18.2 Å². The summed E-state index contributed by atoms with van der Waals surface area (Å²) in [7, 11) is 0. The highest BCUT2D eigenvalue weighted by Gasteiger charge is 2.07. The number of hydrogen-bond donors (Lipinski definition) is 1. The minimum absolute atomic E-state index is 0.439. The largest absolute Gasteiger partial charge is 0.326 e. The second-order valence-electron chi connectivity index (χ2n) is 2.82. The molecule has 5 heteroatoms. The Hall–Kier alpha value is -1.39. The predicted molar refractivity (Wildman–Crippen MR) is 54.3 cm³/mol. The van der Waals surface area contributed by atoms with Crippen LogP contribution in [0.5, 0.6) is 0 Å². The molecule has 0 aliphatic rings. The molecule has 0 amide bonds. The van der Waals surface area contributed by atoms with Gasteiger partial charge in [0, 0.05) is 6.54 Å². The Morgan fingerprint density at radius 3 is 2.64 bits per heavy atom. The summed E-state index contributed by atoms with van der Waals surface area (Å²) in [5.74, 6) is 0. The zero-order valence-corrected chi connectivity index (χ0v) is 8.15. The average molecular weight is 209 g/mol. The van der Waals surface area contributed by atoms with Crippen LogP contribution in [0.1, 0.15) is 5.56 Å². The Kier molecular flexibility index (Phi) is 2.47. The number of nitrogens with zero attached hydrogens (tertiary/aromatic N) is 3. The van der Waals surface area contributed by atoms with Crippen molar-refractivity contribution in [1.82, 2.24) is 14.8 Å². The summed E-state index contributed by atoms with van der Waals surface area (Å²) < 4.78 is 1.75. The van der Waals surface area contributed by atoms with Crippen molar-refractivity contribution in [1.29, 1.82) is 0 Å². The first-order valence-corrected chi connectivity index (χ1v) is 4.53. The molecule has 0 radical (unpaired) electrons. The van der Waals surface area contributed by atoms with Crippen molar-refractivity contribution in [2.75, 3.05) is 0 Å². The van der Waals surface area contributed by atoms with Crippen molar-refractivity contribution in [2.24, 2.45) is 5.73 Å². The molecule has 4 nitrogen and oxygen atoms in total. The second-order valence-corrected chi connectivity index (χ2v) is 3.23. The van der Waals surface area contributed by atoms with Crippen LogP contribution in [-0.4, -0.2) is 14.8 Å². The van der Waals surface area contributed by atoms with Crippen LogP contribution in [0.4, 0.5) is 0 Å². The van der Waals surface area contributed by atoms with Gasteiger partial charge < -0.3 is 5.73 Å². The molecule has 2 N–H and O–H groups in total. The lowest BCUT2D eigenvalue weighted by atomic mass is 10.2. The molecule has 1 aromatic heterocycles. The highest BCUT2D eigenvalue weighted by atomic mass is 35.5. The molecular weight excluding hydrogens is 200 g/mol. The maximum absolute atomic E-state index is 6.07. The molecule has 72 valence electrons. The van der Waals surface area contributed by atoms with Gasteiger partial charge in [-0.3, -0.25) is 4.57 Å². The summed E-state index contributed by atoms with van der Waals surface area (Å²) in [6, 6.07) is 5.62. The fourth-order valence-corrected chi connectivity index (χ4v) is 1.62. The SMILES string of the molecule is NCc1cccc(Cl)c1-n1cnnc1. The lowest BCUT2D eigenvalue weighted by molar-refractivity contribution is 0.981. The van der Waals surface area contributed by atoms with E-state index in [0.717, 1.165) is 11.3 Å². The molecule has 0 atom stereocenters. The molecule has 0 unspecified atom stereocenters. The van der Waals surface area contributed by atoms with Crippen LogP contribution >= 0.6 is 11.6 Å². The van der Waals surface area contributed by atoms with Crippen molar-refractivity contribution in [3.05, 3.63) is 41.4 Å². The Balaban J connectivity index is 2.61. The molecule has 0 aliphatic heterocycles. The van der Waals surface area contributed by atoms with Crippen molar-refractivity contribution in [2.45, 2.75) is 6.54 Å². The van der Waals surface area contributed by atoms with E-state index in [1.165, 1.54) is 0 Å².